The molecule has 0 saturated carbocycles. The van der Waals surface area contributed by atoms with Gasteiger partial charge in [0.15, 0.2) is 5.96 Å². The van der Waals surface area contributed by atoms with Crippen molar-refractivity contribution in [2.75, 3.05) is 13.2 Å². The van der Waals surface area contributed by atoms with Gasteiger partial charge in [0, 0.05) is 0 Å². The minimum Gasteiger partial charge on any atom is -0.491 e. The normalized spacial score (nSPS) is 9.73. The zero-order valence-electron chi connectivity index (χ0n) is 9.16. The van der Waals surface area contributed by atoms with Gasteiger partial charge in [-0.1, -0.05) is 17.7 Å². The van der Waals surface area contributed by atoms with Crippen LogP contribution in [0.15, 0.2) is 23.2 Å². The Hall–Kier alpha value is -1.71. The quantitative estimate of drug-likeness (QED) is 0.438. The molecular formula is C11H17N3O. The van der Waals surface area contributed by atoms with Crippen molar-refractivity contribution in [3.8, 4) is 5.75 Å². The first-order valence-corrected chi connectivity index (χ1v) is 4.85. The summed E-state index contributed by atoms with van der Waals surface area (Å²) in [5, 5.41) is 0. The van der Waals surface area contributed by atoms with E-state index in [2.05, 4.69) is 18.0 Å². The topological polar surface area (TPSA) is 73.6 Å². The summed E-state index contributed by atoms with van der Waals surface area (Å²) < 4.78 is 5.52. The predicted octanol–water partition coefficient (Wildman–Crippen LogP) is 0.956. The molecule has 0 amide bonds. The molecule has 0 unspecified atom stereocenters. The standard InChI is InChI=1S/C11H17N3O/c1-8-3-4-10(9(2)7-8)15-6-5-14-11(12)13/h3-4,7H,5-6H2,1-2H3,(H4,12,13,14). The molecule has 1 aromatic rings. The number of aliphatic imine (C=N–C) groups is 1. The van der Waals surface area contributed by atoms with Crippen LogP contribution in [0.4, 0.5) is 0 Å². The van der Waals surface area contributed by atoms with Gasteiger partial charge in [-0.2, -0.15) is 0 Å². The number of hydrogen-bond acceptors (Lipinski definition) is 2. The van der Waals surface area contributed by atoms with Crippen molar-refractivity contribution in [2.24, 2.45) is 16.5 Å². The van der Waals surface area contributed by atoms with E-state index in [0.29, 0.717) is 13.2 Å². The Kier molecular flexibility index (Phi) is 3.97. The zero-order valence-corrected chi connectivity index (χ0v) is 9.16. The Labute approximate surface area is 89.9 Å². The molecule has 15 heavy (non-hydrogen) atoms. The molecule has 0 aliphatic carbocycles. The highest BCUT2D eigenvalue weighted by Gasteiger charge is 1.98. The fourth-order valence-electron chi connectivity index (χ4n) is 1.29. The van der Waals surface area contributed by atoms with Crippen molar-refractivity contribution < 1.29 is 4.74 Å². The van der Waals surface area contributed by atoms with Crippen LogP contribution in [0.25, 0.3) is 0 Å². The third-order valence-electron chi connectivity index (χ3n) is 1.97. The highest BCUT2D eigenvalue weighted by molar-refractivity contribution is 5.75. The van der Waals surface area contributed by atoms with Crippen LogP contribution in [0.5, 0.6) is 5.75 Å². The second-order valence-corrected chi connectivity index (χ2v) is 3.42. The van der Waals surface area contributed by atoms with Gasteiger partial charge in [-0.25, -0.2) is 0 Å². The fraction of sp³-hybridized carbons (Fsp3) is 0.364. The molecule has 0 fully saturated rings. The van der Waals surface area contributed by atoms with Gasteiger partial charge < -0.3 is 16.2 Å². The lowest BCUT2D eigenvalue weighted by Gasteiger charge is -2.08. The number of aryl methyl sites for hydroxylation is 2. The van der Waals surface area contributed by atoms with Gasteiger partial charge in [-0.05, 0) is 25.5 Å². The van der Waals surface area contributed by atoms with Gasteiger partial charge in [0.05, 0.1) is 6.54 Å². The molecule has 1 aromatic carbocycles. The molecule has 1 rings (SSSR count). The third-order valence-corrected chi connectivity index (χ3v) is 1.97. The summed E-state index contributed by atoms with van der Waals surface area (Å²) in [6, 6.07) is 6.05. The predicted molar refractivity (Wildman–Crippen MR) is 62.1 cm³/mol. The van der Waals surface area contributed by atoms with Crippen LogP contribution in [-0.4, -0.2) is 19.1 Å². The Morgan fingerprint density at radius 1 is 1.33 bits per heavy atom. The van der Waals surface area contributed by atoms with E-state index in [9.17, 15) is 0 Å². The van der Waals surface area contributed by atoms with E-state index >= 15 is 0 Å². The van der Waals surface area contributed by atoms with E-state index < -0.39 is 0 Å². The van der Waals surface area contributed by atoms with E-state index in [1.807, 2.05) is 19.1 Å². The zero-order chi connectivity index (χ0) is 11.3. The maximum Gasteiger partial charge on any atom is 0.186 e. The van der Waals surface area contributed by atoms with E-state index in [1.165, 1.54) is 5.56 Å². The molecule has 0 spiro atoms. The summed E-state index contributed by atoms with van der Waals surface area (Å²) in [5.74, 6) is 0.977. The first-order chi connectivity index (χ1) is 7.09. The highest BCUT2D eigenvalue weighted by atomic mass is 16.5. The average Bonchev–Trinajstić information content (AvgIpc) is 2.14. The van der Waals surface area contributed by atoms with Gasteiger partial charge in [0.1, 0.15) is 12.4 Å². The van der Waals surface area contributed by atoms with Crippen molar-refractivity contribution in [3.63, 3.8) is 0 Å². The monoisotopic (exact) mass is 207 g/mol. The molecule has 0 aliphatic heterocycles. The molecule has 0 saturated heterocycles. The summed E-state index contributed by atoms with van der Waals surface area (Å²) in [4.78, 5) is 3.83. The van der Waals surface area contributed by atoms with E-state index in [1.54, 1.807) is 0 Å². The number of hydrogen-bond donors (Lipinski definition) is 2. The summed E-state index contributed by atoms with van der Waals surface area (Å²) in [6.45, 7) is 5.04. The minimum atomic E-state index is 0.0965. The second kappa shape index (κ2) is 5.24. The molecular weight excluding hydrogens is 190 g/mol. The lowest BCUT2D eigenvalue weighted by molar-refractivity contribution is 0.326. The Morgan fingerprint density at radius 3 is 2.67 bits per heavy atom. The van der Waals surface area contributed by atoms with Gasteiger partial charge in [0.25, 0.3) is 0 Å². The highest BCUT2D eigenvalue weighted by Crippen LogP contribution is 2.18. The number of guanidine groups is 1. The maximum atomic E-state index is 5.52. The summed E-state index contributed by atoms with van der Waals surface area (Å²) in [6.07, 6.45) is 0. The van der Waals surface area contributed by atoms with Crippen molar-refractivity contribution in [1.29, 1.82) is 0 Å². The largest absolute Gasteiger partial charge is 0.491 e. The maximum absolute atomic E-state index is 5.52. The lowest BCUT2D eigenvalue weighted by Crippen LogP contribution is -2.23. The van der Waals surface area contributed by atoms with Gasteiger partial charge >= 0.3 is 0 Å². The van der Waals surface area contributed by atoms with Crippen molar-refractivity contribution in [2.45, 2.75) is 13.8 Å². The molecule has 4 N–H and O–H groups in total. The number of nitrogens with zero attached hydrogens (tertiary/aromatic N) is 1. The number of ether oxygens (including phenoxy) is 1. The molecule has 0 heterocycles. The van der Waals surface area contributed by atoms with E-state index in [4.69, 9.17) is 16.2 Å². The summed E-state index contributed by atoms with van der Waals surface area (Å²) in [5.41, 5.74) is 12.7. The second-order valence-electron chi connectivity index (χ2n) is 3.42. The van der Waals surface area contributed by atoms with Gasteiger partial charge in [-0.3, -0.25) is 4.99 Å². The Bertz CT molecular complexity index is 357. The van der Waals surface area contributed by atoms with Crippen molar-refractivity contribution >= 4 is 5.96 Å². The van der Waals surface area contributed by atoms with Crippen LogP contribution in [0.2, 0.25) is 0 Å². The van der Waals surface area contributed by atoms with Crippen molar-refractivity contribution in [1.82, 2.24) is 0 Å². The SMILES string of the molecule is Cc1ccc(OCCN=C(N)N)c(C)c1. The van der Waals surface area contributed by atoms with Gasteiger partial charge in [-0.15, -0.1) is 0 Å². The molecule has 0 bridgehead atoms. The van der Waals surface area contributed by atoms with Crippen LogP contribution in [0.1, 0.15) is 11.1 Å². The van der Waals surface area contributed by atoms with Crippen LogP contribution >= 0.6 is 0 Å². The molecule has 4 nitrogen and oxygen atoms in total. The van der Waals surface area contributed by atoms with Crippen LogP contribution in [-0.2, 0) is 0 Å². The molecule has 0 aromatic heterocycles. The molecule has 0 aliphatic rings. The minimum absolute atomic E-state index is 0.0965. The molecule has 4 heteroatoms. The Balaban J connectivity index is 2.47. The lowest BCUT2D eigenvalue weighted by atomic mass is 10.1. The first-order valence-electron chi connectivity index (χ1n) is 4.85. The smallest absolute Gasteiger partial charge is 0.186 e. The summed E-state index contributed by atoms with van der Waals surface area (Å²) >= 11 is 0. The number of benzene rings is 1. The molecule has 82 valence electrons. The van der Waals surface area contributed by atoms with E-state index in [0.717, 1.165) is 11.3 Å². The van der Waals surface area contributed by atoms with Crippen LogP contribution in [0, 0.1) is 13.8 Å². The van der Waals surface area contributed by atoms with Gasteiger partial charge in [0.2, 0.25) is 0 Å². The molecule has 0 radical (unpaired) electrons. The van der Waals surface area contributed by atoms with E-state index in [-0.39, 0.29) is 5.96 Å². The third kappa shape index (κ3) is 3.89. The first kappa shape index (κ1) is 11.4. The number of nitrogens with two attached hydrogens (primary N) is 2. The van der Waals surface area contributed by atoms with Crippen LogP contribution < -0.4 is 16.2 Å². The number of rotatable bonds is 4. The fourth-order valence-corrected chi connectivity index (χ4v) is 1.29. The molecule has 0 atom stereocenters. The summed E-state index contributed by atoms with van der Waals surface area (Å²) in [7, 11) is 0. The van der Waals surface area contributed by atoms with Crippen LogP contribution in [0.3, 0.4) is 0 Å². The Morgan fingerprint density at radius 2 is 2.07 bits per heavy atom. The van der Waals surface area contributed by atoms with Crippen molar-refractivity contribution in [3.05, 3.63) is 29.3 Å². The average molecular weight is 207 g/mol.